The molecule has 0 spiro atoms. The summed E-state index contributed by atoms with van der Waals surface area (Å²) in [5, 5.41) is 3.49. The van der Waals surface area contributed by atoms with E-state index < -0.39 is 0 Å². The van der Waals surface area contributed by atoms with Crippen LogP contribution in [0.4, 0.5) is 0 Å². The molecule has 1 aromatic carbocycles. The summed E-state index contributed by atoms with van der Waals surface area (Å²) in [5.74, 6) is 0.548. The number of hydrogen-bond acceptors (Lipinski definition) is 2. The van der Waals surface area contributed by atoms with Crippen molar-refractivity contribution < 1.29 is 0 Å². The topological polar surface area (TPSA) is 38.0 Å². The minimum Gasteiger partial charge on any atom is -0.330 e. The van der Waals surface area contributed by atoms with Crippen LogP contribution in [0.5, 0.6) is 0 Å². The van der Waals surface area contributed by atoms with Crippen molar-refractivity contribution in [2.75, 3.05) is 19.6 Å². The fourth-order valence-electron chi connectivity index (χ4n) is 1.71. The molecule has 1 aromatic rings. The molecular weight excluding hydrogens is 196 g/mol. The van der Waals surface area contributed by atoms with Crippen LogP contribution in [0.3, 0.4) is 0 Å². The van der Waals surface area contributed by atoms with Crippen LogP contribution in [0.1, 0.15) is 26.3 Å². The minimum atomic E-state index is 0.176. The van der Waals surface area contributed by atoms with Gasteiger partial charge >= 0.3 is 0 Å². The van der Waals surface area contributed by atoms with E-state index in [4.69, 9.17) is 5.73 Å². The smallest absolute Gasteiger partial charge is 0.00433 e. The summed E-state index contributed by atoms with van der Waals surface area (Å²) in [4.78, 5) is 0. The largest absolute Gasteiger partial charge is 0.330 e. The Hall–Kier alpha value is -0.860. The number of rotatable bonds is 6. The van der Waals surface area contributed by atoms with Crippen LogP contribution in [0.2, 0.25) is 0 Å². The third kappa shape index (κ3) is 3.95. The van der Waals surface area contributed by atoms with Gasteiger partial charge in [0.2, 0.25) is 0 Å². The number of benzene rings is 1. The highest BCUT2D eigenvalue weighted by molar-refractivity contribution is 5.23. The first-order valence-electron chi connectivity index (χ1n) is 6.02. The average Bonchev–Trinajstić information content (AvgIpc) is 2.30. The average molecular weight is 220 g/mol. The van der Waals surface area contributed by atoms with Crippen LogP contribution in [-0.2, 0) is 5.41 Å². The summed E-state index contributed by atoms with van der Waals surface area (Å²) in [6, 6.07) is 10.6. The van der Waals surface area contributed by atoms with Crippen LogP contribution in [-0.4, -0.2) is 19.6 Å². The lowest BCUT2D eigenvalue weighted by atomic mass is 9.84. The first-order valence-corrected chi connectivity index (χ1v) is 6.02. The molecule has 0 aliphatic carbocycles. The molecule has 0 saturated carbocycles. The molecule has 90 valence electrons. The van der Waals surface area contributed by atoms with E-state index in [1.807, 2.05) is 0 Å². The predicted octanol–water partition coefficient (Wildman–Crippen LogP) is 2.15. The Morgan fingerprint density at radius 2 is 1.88 bits per heavy atom. The van der Waals surface area contributed by atoms with E-state index >= 15 is 0 Å². The van der Waals surface area contributed by atoms with Gasteiger partial charge in [-0.2, -0.15) is 0 Å². The maximum atomic E-state index is 5.59. The lowest BCUT2D eigenvalue weighted by Crippen LogP contribution is -2.36. The third-order valence-electron chi connectivity index (χ3n) is 3.02. The van der Waals surface area contributed by atoms with Gasteiger partial charge in [-0.05, 0) is 24.6 Å². The Labute approximate surface area is 99.2 Å². The van der Waals surface area contributed by atoms with E-state index in [1.54, 1.807) is 0 Å². The Morgan fingerprint density at radius 3 is 2.44 bits per heavy atom. The number of nitrogens with two attached hydrogens (primary N) is 1. The molecule has 0 bridgehead atoms. The molecule has 0 heterocycles. The van der Waals surface area contributed by atoms with Crippen molar-refractivity contribution in [3.05, 3.63) is 35.9 Å². The molecular formula is C14H24N2. The molecule has 0 aliphatic rings. The monoisotopic (exact) mass is 220 g/mol. The Balaban J connectivity index is 2.46. The van der Waals surface area contributed by atoms with Gasteiger partial charge in [-0.25, -0.2) is 0 Å². The fraction of sp³-hybridized carbons (Fsp3) is 0.571. The van der Waals surface area contributed by atoms with Gasteiger partial charge in [0, 0.05) is 12.0 Å². The second kappa shape index (κ2) is 6.02. The molecule has 1 rings (SSSR count). The van der Waals surface area contributed by atoms with Gasteiger partial charge in [-0.1, -0.05) is 51.1 Å². The number of nitrogens with one attached hydrogen (secondary N) is 1. The molecule has 0 amide bonds. The van der Waals surface area contributed by atoms with Crippen LogP contribution in [0, 0.1) is 5.92 Å². The summed E-state index contributed by atoms with van der Waals surface area (Å²) < 4.78 is 0. The molecule has 2 heteroatoms. The van der Waals surface area contributed by atoms with E-state index in [1.165, 1.54) is 5.56 Å². The summed E-state index contributed by atoms with van der Waals surface area (Å²) in [6.07, 6.45) is 0. The molecule has 0 fully saturated rings. The van der Waals surface area contributed by atoms with E-state index in [9.17, 15) is 0 Å². The Bertz CT molecular complexity index is 293. The zero-order valence-corrected chi connectivity index (χ0v) is 10.7. The highest BCUT2D eigenvalue weighted by atomic mass is 14.9. The Morgan fingerprint density at radius 1 is 1.25 bits per heavy atom. The summed E-state index contributed by atoms with van der Waals surface area (Å²) in [7, 11) is 0. The highest BCUT2D eigenvalue weighted by Crippen LogP contribution is 2.21. The van der Waals surface area contributed by atoms with Gasteiger partial charge in [0.05, 0.1) is 0 Å². The zero-order chi connectivity index (χ0) is 12.0. The second-order valence-corrected chi connectivity index (χ2v) is 5.22. The third-order valence-corrected chi connectivity index (χ3v) is 3.02. The first kappa shape index (κ1) is 13.2. The standard InChI is InChI=1S/C14H24N2/c1-12(9-15)10-16-11-14(2,3)13-7-5-4-6-8-13/h4-8,12,16H,9-11,15H2,1-3H3. The van der Waals surface area contributed by atoms with Crippen molar-refractivity contribution in [2.24, 2.45) is 11.7 Å². The van der Waals surface area contributed by atoms with Crippen molar-refractivity contribution in [2.45, 2.75) is 26.2 Å². The van der Waals surface area contributed by atoms with Gasteiger partial charge in [0.15, 0.2) is 0 Å². The summed E-state index contributed by atoms with van der Waals surface area (Å²) in [5.41, 5.74) is 7.15. The van der Waals surface area contributed by atoms with Crippen molar-refractivity contribution in [3.63, 3.8) is 0 Å². The van der Waals surface area contributed by atoms with Crippen LogP contribution in [0.25, 0.3) is 0 Å². The highest BCUT2D eigenvalue weighted by Gasteiger charge is 2.19. The molecule has 3 N–H and O–H groups in total. The van der Waals surface area contributed by atoms with E-state index in [-0.39, 0.29) is 5.41 Å². The Kier molecular flexibility index (Phi) is 4.97. The van der Waals surface area contributed by atoms with E-state index in [2.05, 4.69) is 56.4 Å². The lowest BCUT2D eigenvalue weighted by molar-refractivity contribution is 0.434. The first-order chi connectivity index (χ1) is 7.56. The normalized spacial score (nSPS) is 13.8. The summed E-state index contributed by atoms with van der Waals surface area (Å²) >= 11 is 0. The van der Waals surface area contributed by atoms with E-state index in [0.29, 0.717) is 5.92 Å². The van der Waals surface area contributed by atoms with Gasteiger partial charge in [-0.15, -0.1) is 0 Å². The molecule has 1 unspecified atom stereocenters. The quantitative estimate of drug-likeness (QED) is 0.771. The van der Waals surface area contributed by atoms with E-state index in [0.717, 1.165) is 19.6 Å². The predicted molar refractivity (Wildman–Crippen MR) is 70.6 cm³/mol. The summed E-state index contributed by atoms with van der Waals surface area (Å²) in [6.45, 7) is 9.43. The molecule has 2 nitrogen and oxygen atoms in total. The molecule has 1 atom stereocenters. The van der Waals surface area contributed by atoms with Crippen molar-refractivity contribution in [1.82, 2.24) is 5.32 Å². The van der Waals surface area contributed by atoms with Crippen LogP contribution >= 0.6 is 0 Å². The second-order valence-electron chi connectivity index (χ2n) is 5.22. The van der Waals surface area contributed by atoms with Crippen molar-refractivity contribution in [1.29, 1.82) is 0 Å². The molecule has 0 aliphatic heterocycles. The van der Waals surface area contributed by atoms with Gasteiger partial charge in [-0.3, -0.25) is 0 Å². The number of hydrogen-bond donors (Lipinski definition) is 2. The minimum absolute atomic E-state index is 0.176. The van der Waals surface area contributed by atoms with Crippen LogP contribution in [0.15, 0.2) is 30.3 Å². The maximum absolute atomic E-state index is 5.59. The lowest BCUT2D eigenvalue weighted by Gasteiger charge is -2.26. The van der Waals surface area contributed by atoms with Gasteiger partial charge in [0.1, 0.15) is 0 Å². The zero-order valence-electron chi connectivity index (χ0n) is 10.7. The molecule has 0 radical (unpaired) electrons. The van der Waals surface area contributed by atoms with Crippen LogP contribution < -0.4 is 11.1 Å². The van der Waals surface area contributed by atoms with Gasteiger partial charge in [0.25, 0.3) is 0 Å². The molecule has 0 aromatic heterocycles. The molecule has 16 heavy (non-hydrogen) atoms. The maximum Gasteiger partial charge on any atom is 0.00433 e. The van der Waals surface area contributed by atoms with Gasteiger partial charge < -0.3 is 11.1 Å². The molecule has 0 saturated heterocycles. The van der Waals surface area contributed by atoms with Crippen molar-refractivity contribution >= 4 is 0 Å². The SMILES string of the molecule is CC(CN)CNCC(C)(C)c1ccccc1. The fourth-order valence-corrected chi connectivity index (χ4v) is 1.71. The van der Waals surface area contributed by atoms with Crippen molar-refractivity contribution in [3.8, 4) is 0 Å².